The summed E-state index contributed by atoms with van der Waals surface area (Å²) in [5.74, 6) is 4.54. The Morgan fingerprint density at radius 1 is 1.19 bits per heavy atom. The zero-order chi connectivity index (χ0) is 18.5. The highest BCUT2D eigenvalue weighted by Gasteiger charge is 2.31. The summed E-state index contributed by atoms with van der Waals surface area (Å²) >= 11 is 0. The second kappa shape index (κ2) is 7.61. The van der Waals surface area contributed by atoms with Crippen molar-refractivity contribution < 1.29 is 14.8 Å². The average molecular weight is 352 g/mol. The molecule has 0 radical (unpaired) electrons. The Balaban J connectivity index is 1.92. The van der Waals surface area contributed by atoms with Gasteiger partial charge >= 0.3 is 11.7 Å². The van der Waals surface area contributed by atoms with E-state index >= 15 is 0 Å². The maximum atomic E-state index is 11.6. The van der Waals surface area contributed by atoms with Gasteiger partial charge in [0.2, 0.25) is 5.82 Å². The first kappa shape index (κ1) is 17.4. The Morgan fingerprint density at radius 3 is 2.50 bits per heavy atom. The average Bonchev–Trinajstić information content (AvgIpc) is 2.66. The number of nitrogens with zero attached hydrogens (tertiary/aromatic N) is 4. The third-order valence-corrected chi connectivity index (χ3v) is 4.23. The largest absolute Gasteiger partial charge is 0.481 e. The molecule has 1 aliphatic rings. The molecule has 0 unspecified atom stereocenters. The lowest BCUT2D eigenvalue weighted by Crippen LogP contribution is -2.37. The summed E-state index contributed by atoms with van der Waals surface area (Å²) in [6.45, 7) is 0.779. The van der Waals surface area contributed by atoms with Gasteiger partial charge in [-0.15, -0.1) is 0 Å². The molecular weight excluding hydrogens is 336 g/mol. The van der Waals surface area contributed by atoms with E-state index in [2.05, 4.69) is 21.8 Å². The number of rotatable bonds is 3. The fourth-order valence-corrected chi connectivity index (χ4v) is 2.85. The van der Waals surface area contributed by atoms with Crippen molar-refractivity contribution >= 4 is 17.5 Å². The quantitative estimate of drug-likeness (QED) is 0.511. The Kier molecular flexibility index (Phi) is 5.08. The fourth-order valence-electron chi connectivity index (χ4n) is 2.85. The van der Waals surface area contributed by atoms with Crippen LogP contribution in [0.4, 0.5) is 11.5 Å². The van der Waals surface area contributed by atoms with Gasteiger partial charge in [-0.05, 0) is 30.9 Å². The number of carboxylic acids is 1. The Hall–Kier alpha value is -3.47. The molecule has 0 saturated carbocycles. The molecule has 1 aromatic heterocycles. The number of benzene rings is 1. The highest BCUT2D eigenvalue weighted by Crippen LogP contribution is 2.31. The summed E-state index contributed by atoms with van der Waals surface area (Å²) in [7, 11) is 0. The lowest BCUT2D eigenvalue weighted by atomic mass is 9.97. The predicted octanol–water partition coefficient (Wildman–Crippen LogP) is 2.09. The van der Waals surface area contributed by atoms with Crippen LogP contribution in [0, 0.1) is 27.9 Å². The zero-order valence-electron chi connectivity index (χ0n) is 13.8. The molecule has 0 spiro atoms. The number of hydrogen-bond donors (Lipinski definition) is 1. The first-order chi connectivity index (χ1) is 12.6. The van der Waals surface area contributed by atoms with E-state index in [9.17, 15) is 14.9 Å². The molecule has 0 aliphatic carbocycles. The molecule has 1 fully saturated rings. The molecule has 2 heterocycles. The molecule has 26 heavy (non-hydrogen) atoms. The molecule has 0 bridgehead atoms. The molecule has 3 rings (SSSR count). The lowest BCUT2D eigenvalue weighted by molar-refractivity contribution is -0.384. The Morgan fingerprint density at radius 2 is 1.88 bits per heavy atom. The zero-order valence-corrected chi connectivity index (χ0v) is 13.8. The van der Waals surface area contributed by atoms with Crippen LogP contribution in [-0.2, 0) is 4.79 Å². The van der Waals surface area contributed by atoms with Gasteiger partial charge in [0.1, 0.15) is 6.33 Å². The van der Waals surface area contributed by atoms with Crippen LogP contribution in [-0.4, -0.2) is 39.1 Å². The van der Waals surface area contributed by atoms with E-state index in [1.54, 1.807) is 17.0 Å². The summed E-state index contributed by atoms with van der Waals surface area (Å²) in [6, 6.07) is 9.12. The number of aromatic nitrogens is 2. The SMILES string of the molecule is O=C(O)C1CCN(c2ncnc(C#Cc3ccccc3)c2[N+](=O)[O-])CC1. The molecule has 8 heteroatoms. The van der Waals surface area contributed by atoms with Crippen molar-refractivity contribution in [3.8, 4) is 11.8 Å². The maximum Gasteiger partial charge on any atom is 0.345 e. The molecule has 2 aromatic rings. The lowest BCUT2D eigenvalue weighted by Gasteiger charge is -2.30. The van der Waals surface area contributed by atoms with Gasteiger partial charge in [-0.3, -0.25) is 14.9 Å². The van der Waals surface area contributed by atoms with Crippen LogP contribution in [0.3, 0.4) is 0 Å². The number of hydrogen-bond acceptors (Lipinski definition) is 6. The number of aliphatic carboxylic acids is 1. The van der Waals surface area contributed by atoms with E-state index in [0.717, 1.165) is 5.56 Å². The van der Waals surface area contributed by atoms with Crippen molar-refractivity contribution in [2.24, 2.45) is 5.92 Å². The van der Waals surface area contributed by atoms with Gasteiger partial charge in [0.25, 0.3) is 0 Å². The van der Waals surface area contributed by atoms with E-state index in [4.69, 9.17) is 5.11 Å². The predicted molar refractivity (Wildman–Crippen MR) is 93.7 cm³/mol. The van der Waals surface area contributed by atoms with Crippen LogP contribution in [0.2, 0.25) is 0 Å². The van der Waals surface area contributed by atoms with Crippen LogP contribution < -0.4 is 4.90 Å². The topological polar surface area (TPSA) is 109 Å². The van der Waals surface area contributed by atoms with Crippen molar-refractivity contribution in [1.29, 1.82) is 0 Å². The normalized spacial score (nSPS) is 14.4. The van der Waals surface area contributed by atoms with E-state index in [0.29, 0.717) is 25.9 Å². The van der Waals surface area contributed by atoms with Crippen molar-refractivity contribution in [3.63, 3.8) is 0 Å². The molecule has 1 N–H and O–H groups in total. The van der Waals surface area contributed by atoms with E-state index in [1.807, 2.05) is 18.2 Å². The second-order valence-electron chi connectivity index (χ2n) is 5.87. The van der Waals surface area contributed by atoms with E-state index in [-0.39, 0.29) is 17.2 Å². The number of carboxylic acid groups (broad SMARTS) is 1. The summed E-state index contributed by atoms with van der Waals surface area (Å²) in [6.07, 6.45) is 2.09. The maximum absolute atomic E-state index is 11.6. The second-order valence-corrected chi connectivity index (χ2v) is 5.87. The van der Waals surface area contributed by atoms with Crippen LogP contribution >= 0.6 is 0 Å². The monoisotopic (exact) mass is 352 g/mol. The Labute approximate surface area is 149 Å². The molecule has 132 valence electrons. The molecule has 1 aliphatic heterocycles. The molecule has 1 aromatic carbocycles. The van der Waals surface area contributed by atoms with Crippen molar-refractivity contribution in [3.05, 3.63) is 58.0 Å². The third kappa shape index (κ3) is 3.78. The van der Waals surface area contributed by atoms with Gasteiger partial charge in [-0.25, -0.2) is 9.97 Å². The molecule has 0 amide bonds. The molecule has 8 nitrogen and oxygen atoms in total. The van der Waals surface area contributed by atoms with Gasteiger partial charge in [-0.1, -0.05) is 24.1 Å². The number of carbonyl (C=O) groups is 1. The van der Waals surface area contributed by atoms with Gasteiger partial charge < -0.3 is 10.0 Å². The minimum Gasteiger partial charge on any atom is -0.481 e. The van der Waals surface area contributed by atoms with Gasteiger partial charge in [0.15, 0.2) is 5.69 Å². The van der Waals surface area contributed by atoms with Crippen molar-refractivity contribution in [2.75, 3.05) is 18.0 Å². The van der Waals surface area contributed by atoms with Gasteiger partial charge in [0.05, 0.1) is 10.8 Å². The van der Waals surface area contributed by atoms with E-state index in [1.165, 1.54) is 6.33 Å². The summed E-state index contributed by atoms with van der Waals surface area (Å²) in [5.41, 5.74) is 0.526. The Bertz CT molecular complexity index is 881. The number of piperidine rings is 1. The number of anilines is 1. The summed E-state index contributed by atoms with van der Waals surface area (Å²) < 4.78 is 0. The minimum absolute atomic E-state index is 0.0456. The van der Waals surface area contributed by atoms with Crippen LogP contribution in [0.15, 0.2) is 36.7 Å². The van der Waals surface area contributed by atoms with Gasteiger partial charge in [0, 0.05) is 18.7 Å². The highest BCUT2D eigenvalue weighted by atomic mass is 16.6. The standard InChI is InChI=1S/C18H16N4O4/c23-18(24)14-8-10-21(11-9-14)17-16(22(25)26)15(19-12-20-17)7-6-13-4-2-1-3-5-13/h1-5,12,14H,8-11H2,(H,23,24). The van der Waals surface area contributed by atoms with Crippen LogP contribution in [0.1, 0.15) is 24.1 Å². The number of nitro groups is 1. The van der Waals surface area contributed by atoms with Gasteiger partial charge in [-0.2, -0.15) is 0 Å². The van der Waals surface area contributed by atoms with Crippen LogP contribution in [0.25, 0.3) is 0 Å². The van der Waals surface area contributed by atoms with E-state index < -0.39 is 16.8 Å². The molecular formula is C18H16N4O4. The van der Waals surface area contributed by atoms with Crippen LogP contribution in [0.5, 0.6) is 0 Å². The summed E-state index contributed by atoms with van der Waals surface area (Å²) in [4.78, 5) is 31.9. The molecule has 0 atom stereocenters. The molecule has 1 saturated heterocycles. The summed E-state index contributed by atoms with van der Waals surface area (Å²) in [5, 5.41) is 20.7. The highest BCUT2D eigenvalue weighted by molar-refractivity contribution is 5.71. The fraction of sp³-hybridized carbons (Fsp3) is 0.278. The minimum atomic E-state index is -0.837. The first-order valence-electron chi connectivity index (χ1n) is 8.10. The smallest absolute Gasteiger partial charge is 0.345 e. The van der Waals surface area contributed by atoms with Crippen molar-refractivity contribution in [1.82, 2.24) is 9.97 Å². The first-order valence-corrected chi connectivity index (χ1v) is 8.10. The third-order valence-electron chi connectivity index (χ3n) is 4.23. The van der Waals surface area contributed by atoms with Crippen molar-refractivity contribution in [2.45, 2.75) is 12.8 Å².